The van der Waals surface area contributed by atoms with Crippen molar-refractivity contribution < 1.29 is 13.6 Å². The van der Waals surface area contributed by atoms with Crippen LogP contribution in [0.15, 0.2) is 71.0 Å². The van der Waals surface area contributed by atoms with Crippen LogP contribution >= 0.6 is 11.6 Å². The van der Waals surface area contributed by atoms with Gasteiger partial charge in [0.25, 0.3) is 5.56 Å². The van der Waals surface area contributed by atoms with E-state index in [4.69, 9.17) is 11.6 Å². The molecule has 2 aliphatic rings. The molecule has 2 aromatic carbocycles. The van der Waals surface area contributed by atoms with Crippen LogP contribution in [0.4, 0.5) is 20.2 Å². The Morgan fingerprint density at radius 1 is 1.02 bits per heavy atom. The number of nitrogens with one attached hydrogen (secondary N) is 3. The van der Waals surface area contributed by atoms with Crippen LogP contribution in [0, 0.1) is 17.6 Å². The highest BCUT2D eigenvalue weighted by Gasteiger charge is 2.25. The first-order valence-corrected chi connectivity index (χ1v) is 13.6. The monoisotopic (exact) mass is 590 g/mol. The van der Waals surface area contributed by atoms with Crippen molar-refractivity contribution in [1.29, 1.82) is 0 Å². The van der Waals surface area contributed by atoms with Gasteiger partial charge in [0.05, 0.1) is 40.0 Å². The van der Waals surface area contributed by atoms with E-state index in [9.17, 15) is 14.0 Å². The van der Waals surface area contributed by atoms with Crippen LogP contribution in [0.1, 0.15) is 37.9 Å². The number of carbonyl (C=O) groups excluding carboxylic acids is 1. The molecular formula is C29H25ClF2N8O2. The van der Waals surface area contributed by atoms with E-state index in [1.54, 1.807) is 24.4 Å². The molecule has 0 saturated carbocycles. The number of rotatable bonds is 3. The predicted molar refractivity (Wildman–Crippen MR) is 156 cm³/mol. The largest absolute Gasteiger partial charge is 0.325 e. The topological polar surface area (TPSA) is 117 Å². The molecule has 0 aliphatic carbocycles. The van der Waals surface area contributed by atoms with E-state index >= 15 is 4.39 Å². The van der Waals surface area contributed by atoms with Crippen LogP contribution in [-0.4, -0.2) is 26.8 Å². The average molecular weight is 591 g/mol. The van der Waals surface area contributed by atoms with Gasteiger partial charge in [-0.05, 0) is 60.9 Å². The van der Waals surface area contributed by atoms with Gasteiger partial charge in [-0.3, -0.25) is 19.1 Å². The van der Waals surface area contributed by atoms with Gasteiger partial charge in [-0.2, -0.15) is 5.10 Å². The normalized spacial score (nSPS) is 18.5. The Kier molecular flexibility index (Phi) is 7.40. The molecule has 1 amide bonds. The Bertz CT molecular complexity index is 1780. The molecule has 6 rings (SSSR count). The van der Waals surface area contributed by atoms with Gasteiger partial charge in [-0.15, -0.1) is 5.53 Å². The standard InChI is InChI=1S/C29H25ClF2N8O2/c1-16-3-2-4-24(22-11-17(9-10-33-22)19-12-18(31)5-7-21(19)36-29(16)42)39-14-34-23(13-26(39)41)27-25(40-15-35-37-38-40)8-6-20(30)28(27)32/h5-16,24,37-38H,2-4H2,1H3,(H,36,42)/t16-,24+/m1/s1. The van der Waals surface area contributed by atoms with E-state index in [-0.39, 0.29) is 28.1 Å². The first kappa shape index (κ1) is 27.5. The maximum atomic E-state index is 15.3. The summed E-state index contributed by atoms with van der Waals surface area (Å²) in [6.45, 7) is 1.83. The maximum absolute atomic E-state index is 15.3. The third kappa shape index (κ3) is 5.21. The number of hydrazone groups is 1. The van der Waals surface area contributed by atoms with Crippen LogP contribution in [0.25, 0.3) is 22.4 Å². The molecule has 0 radical (unpaired) electrons. The SMILES string of the molecule is C[C@@H]1CCC[C@H](n2cnc(-c3c(N4C=NNN4)ccc(Cl)c3F)cc2=O)c2cc(ccn2)-c2cc(F)ccc2NC1=O. The lowest BCUT2D eigenvalue weighted by Gasteiger charge is -2.23. The molecule has 13 heteroatoms. The van der Waals surface area contributed by atoms with E-state index in [1.807, 2.05) is 6.92 Å². The first-order chi connectivity index (χ1) is 20.3. The van der Waals surface area contributed by atoms with Crippen LogP contribution in [0.5, 0.6) is 0 Å². The minimum Gasteiger partial charge on any atom is -0.325 e. The van der Waals surface area contributed by atoms with Gasteiger partial charge in [0.15, 0.2) is 5.82 Å². The average Bonchev–Trinajstić information content (AvgIpc) is 3.52. The Morgan fingerprint density at radius 2 is 1.88 bits per heavy atom. The summed E-state index contributed by atoms with van der Waals surface area (Å²) in [5.41, 5.74) is 7.47. The maximum Gasteiger partial charge on any atom is 0.254 e. The molecule has 42 heavy (non-hydrogen) atoms. The van der Waals surface area contributed by atoms with Gasteiger partial charge in [0, 0.05) is 29.4 Å². The highest BCUT2D eigenvalue weighted by molar-refractivity contribution is 6.31. The number of pyridine rings is 1. The second kappa shape index (κ2) is 11.3. The molecule has 10 nitrogen and oxygen atoms in total. The third-order valence-electron chi connectivity index (χ3n) is 7.40. The number of carbonyl (C=O) groups is 1. The summed E-state index contributed by atoms with van der Waals surface area (Å²) in [6, 6.07) is 11.4. The van der Waals surface area contributed by atoms with Crippen LogP contribution in [0.3, 0.4) is 0 Å². The van der Waals surface area contributed by atoms with Crippen molar-refractivity contribution in [2.24, 2.45) is 11.0 Å². The van der Waals surface area contributed by atoms with Crippen molar-refractivity contribution in [1.82, 2.24) is 25.6 Å². The number of benzene rings is 2. The molecule has 3 N–H and O–H groups in total. The molecular weight excluding hydrogens is 566 g/mol. The van der Waals surface area contributed by atoms with Crippen molar-refractivity contribution in [2.45, 2.75) is 32.2 Å². The van der Waals surface area contributed by atoms with Crippen molar-refractivity contribution >= 4 is 35.2 Å². The second-order valence-corrected chi connectivity index (χ2v) is 10.5. The number of fused-ring (bicyclic) bond motifs is 4. The highest BCUT2D eigenvalue weighted by atomic mass is 35.5. The van der Waals surface area contributed by atoms with Crippen molar-refractivity contribution in [3.05, 3.63) is 93.8 Å². The molecule has 4 aromatic rings. The summed E-state index contributed by atoms with van der Waals surface area (Å²) in [5, 5.41) is 8.08. The van der Waals surface area contributed by atoms with Crippen LogP contribution in [0.2, 0.25) is 5.02 Å². The minimum atomic E-state index is -0.737. The number of hydrogen-bond donors (Lipinski definition) is 3. The zero-order chi connectivity index (χ0) is 29.4. The third-order valence-corrected chi connectivity index (χ3v) is 7.70. The fourth-order valence-corrected chi connectivity index (χ4v) is 5.34. The molecule has 4 heterocycles. The fraction of sp³-hybridized carbons (Fsp3) is 0.207. The first-order valence-electron chi connectivity index (χ1n) is 13.3. The number of hydrazine groups is 2. The van der Waals surface area contributed by atoms with Gasteiger partial charge in [-0.25, -0.2) is 24.3 Å². The van der Waals surface area contributed by atoms with Gasteiger partial charge >= 0.3 is 0 Å². The smallest absolute Gasteiger partial charge is 0.254 e. The van der Waals surface area contributed by atoms with E-state index in [1.165, 1.54) is 52.6 Å². The lowest BCUT2D eigenvalue weighted by molar-refractivity contribution is -0.119. The van der Waals surface area contributed by atoms with E-state index in [0.717, 1.165) is 0 Å². The zero-order valence-corrected chi connectivity index (χ0v) is 23.1. The van der Waals surface area contributed by atoms with Crippen LogP contribution < -0.4 is 27.0 Å². The molecule has 2 aromatic heterocycles. The number of anilines is 2. The summed E-state index contributed by atoms with van der Waals surface area (Å²) < 4.78 is 31.1. The van der Waals surface area contributed by atoms with Crippen molar-refractivity contribution in [3.8, 4) is 22.4 Å². The van der Waals surface area contributed by atoms with Gasteiger partial charge in [0.1, 0.15) is 12.2 Å². The van der Waals surface area contributed by atoms with E-state index in [2.05, 4.69) is 31.5 Å². The van der Waals surface area contributed by atoms with Crippen LogP contribution in [-0.2, 0) is 4.79 Å². The molecule has 2 aliphatic heterocycles. The fourth-order valence-electron chi connectivity index (χ4n) is 5.18. The number of halogens is 3. The lowest BCUT2D eigenvalue weighted by atomic mass is 9.95. The Balaban J connectivity index is 1.45. The van der Waals surface area contributed by atoms with E-state index in [0.29, 0.717) is 47.5 Å². The Hall–Kier alpha value is -4.68. The predicted octanol–water partition coefficient (Wildman–Crippen LogP) is 5.02. The molecule has 214 valence electrons. The number of amides is 1. The molecule has 2 bridgehead atoms. The summed E-state index contributed by atoms with van der Waals surface area (Å²) in [4.78, 5) is 35.6. The quantitative estimate of drug-likeness (QED) is 0.307. The van der Waals surface area contributed by atoms with Gasteiger partial charge in [0.2, 0.25) is 5.91 Å². The molecule has 0 fully saturated rings. The van der Waals surface area contributed by atoms with Crippen molar-refractivity contribution in [2.75, 3.05) is 10.3 Å². The Morgan fingerprint density at radius 3 is 2.67 bits per heavy atom. The summed E-state index contributed by atoms with van der Waals surface area (Å²) in [5.74, 6) is -1.69. The zero-order valence-electron chi connectivity index (χ0n) is 22.3. The molecule has 2 atom stereocenters. The molecule has 0 saturated heterocycles. The molecule has 0 spiro atoms. The van der Waals surface area contributed by atoms with Gasteiger partial charge in [-0.1, -0.05) is 24.9 Å². The summed E-state index contributed by atoms with van der Waals surface area (Å²) >= 11 is 6.09. The highest BCUT2D eigenvalue weighted by Crippen LogP contribution is 2.36. The number of hydrogen-bond acceptors (Lipinski definition) is 8. The minimum absolute atomic E-state index is 0.0201. The molecule has 0 unspecified atom stereocenters. The van der Waals surface area contributed by atoms with Crippen molar-refractivity contribution in [3.63, 3.8) is 0 Å². The van der Waals surface area contributed by atoms with E-state index < -0.39 is 23.2 Å². The lowest BCUT2D eigenvalue weighted by Crippen LogP contribution is -2.37. The Labute approximate surface area is 244 Å². The summed E-state index contributed by atoms with van der Waals surface area (Å²) in [6.07, 6.45) is 5.98. The summed E-state index contributed by atoms with van der Waals surface area (Å²) in [7, 11) is 0. The number of nitrogens with zero attached hydrogens (tertiary/aromatic N) is 5. The second-order valence-electron chi connectivity index (χ2n) is 10.1. The number of aromatic nitrogens is 3. The van der Waals surface area contributed by atoms with Gasteiger partial charge < -0.3 is 5.32 Å².